The molecular weight excluding hydrogens is 144 g/mol. The maximum Gasteiger partial charge on any atom is -0.0417 e. The number of hydrogen-bond donors (Lipinski definition) is 0. The van der Waals surface area contributed by atoms with E-state index in [4.69, 9.17) is 0 Å². The molecular formula is C12H26. The Labute approximate surface area is 78.8 Å². The molecule has 0 N–H and O–H groups in total. The molecule has 12 heavy (non-hydrogen) atoms. The van der Waals surface area contributed by atoms with Crippen molar-refractivity contribution in [3.63, 3.8) is 0 Å². The van der Waals surface area contributed by atoms with Crippen molar-refractivity contribution >= 4 is 0 Å². The summed E-state index contributed by atoms with van der Waals surface area (Å²) in [6.07, 6.45) is 8.62. The molecule has 0 spiro atoms. The van der Waals surface area contributed by atoms with Crippen LogP contribution in [-0.2, 0) is 0 Å². The van der Waals surface area contributed by atoms with E-state index in [-0.39, 0.29) is 0 Å². The van der Waals surface area contributed by atoms with Crippen LogP contribution in [0, 0.1) is 11.8 Å². The van der Waals surface area contributed by atoms with E-state index in [2.05, 4.69) is 27.7 Å². The summed E-state index contributed by atoms with van der Waals surface area (Å²) in [7, 11) is 0. The third-order valence-electron chi connectivity index (χ3n) is 2.31. The van der Waals surface area contributed by atoms with Crippen LogP contribution in [0.5, 0.6) is 0 Å². The van der Waals surface area contributed by atoms with Crippen LogP contribution in [0.2, 0.25) is 0 Å². The molecule has 0 unspecified atom stereocenters. The third-order valence-corrected chi connectivity index (χ3v) is 2.31. The van der Waals surface area contributed by atoms with Gasteiger partial charge in [-0.05, 0) is 18.3 Å². The number of rotatable bonds is 4. The molecule has 74 valence electrons. The fourth-order valence-corrected chi connectivity index (χ4v) is 1.29. The molecule has 0 saturated heterocycles. The van der Waals surface area contributed by atoms with E-state index < -0.39 is 0 Å². The van der Waals surface area contributed by atoms with Crippen molar-refractivity contribution in [3.05, 3.63) is 0 Å². The molecule has 0 aromatic rings. The minimum absolute atomic E-state index is 0.884. The fraction of sp³-hybridized carbons (Fsp3) is 1.00. The molecule has 1 aliphatic rings. The second kappa shape index (κ2) is 7.64. The number of hydrogen-bond acceptors (Lipinski definition) is 0. The van der Waals surface area contributed by atoms with Crippen molar-refractivity contribution in [2.75, 3.05) is 0 Å². The van der Waals surface area contributed by atoms with Gasteiger partial charge in [-0.25, -0.2) is 0 Å². The van der Waals surface area contributed by atoms with E-state index in [1.54, 1.807) is 0 Å². The largest absolute Gasteiger partial charge is 0.0651 e. The molecule has 0 radical (unpaired) electrons. The quantitative estimate of drug-likeness (QED) is 0.576. The average Bonchev–Trinajstić information content (AvgIpc) is 2.85. The third kappa shape index (κ3) is 10.0. The monoisotopic (exact) mass is 170 g/mol. The van der Waals surface area contributed by atoms with Crippen molar-refractivity contribution in [2.24, 2.45) is 11.8 Å². The highest BCUT2D eigenvalue weighted by Gasteiger charge is 2.04. The van der Waals surface area contributed by atoms with E-state index in [1.807, 2.05) is 0 Å². The van der Waals surface area contributed by atoms with Crippen LogP contribution in [-0.4, -0.2) is 0 Å². The first kappa shape index (κ1) is 12.0. The standard InChI is InChI=1S/C9H20.C3H6/c1-5-9(6-2)7-8(3)4;1-2-3-1/h8-9H,5-7H2,1-4H3;1-3H2. The van der Waals surface area contributed by atoms with Gasteiger partial charge in [-0.2, -0.15) is 0 Å². The lowest BCUT2D eigenvalue weighted by Gasteiger charge is -2.13. The van der Waals surface area contributed by atoms with Crippen LogP contribution in [0.1, 0.15) is 66.2 Å². The molecule has 0 atom stereocenters. The van der Waals surface area contributed by atoms with Crippen LogP contribution in [0.4, 0.5) is 0 Å². The second-order valence-electron chi connectivity index (χ2n) is 4.37. The molecule has 0 amide bonds. The highest BCUT2D eigenvalue weighted by Crippen LogP contribution is 2.17. The zero-order valence-corrected chi connectivity index (χ0v) is 9.40. The van der Waals surface area contributed by atoms with E-state index in [0.717, 1.165) is 11.8 Å². The summed E-state index contributed by atoms with van der Waals surface area (Å²) in [6, 6.07) is 0. The van der Waals surface area contributed by atoms with Crippen LogP contribution < -0.4 is 0 Å². The van der Waals surface area contributed by atoms with Gasteiger partial charge in [0, 0.05) is 0 Å². The van der Waals surface area contributed by atoms with Crippen LogP contribution in [0.3, 0.4) is 0 Å². The molecule has 0 aromatic heterocycles. The van der Waals surface area contributed by atoms with Crippen molar-refractivity contribution in [1.29, 1.82) is 0 Å². The zero-order chi connectivity index (χ0) is 9.40. The van der Waals surface area contributed by atoms with Gasteiger partial charge in [-0.1, -0.05) is 59.8 Å². The Morgan fingerprint density at radius 2 is 1.33 bits per heavy atom. The van der Waals surface area contributed by atoms with E-state index in [9.17, 15) is 0 Å². The lowest BCUT2D eigenvalue weighted by molar-refractivity contribution is 0.388. The Hall–Kier alpha value is 0. The zero-order valence-electron chi connectivity index (χ0n) is 9.40. The second-order valence-corrected chi connectivity index (χ2v) is 4.37. The topological polar surface area (TPSA) is 0 Å². The Bertz CT molecular complexity index is 75.3. The van der Waals surface area contributed by atoms with Gasteiger partial charge in [-0.15, -0.1) is 0 Å². The molecule has 1 saturated carbocycles. The highest BCUT2D eigenvalue weighted by atomic mass is 14.1. The predicted molar refractivity (Wildman–Crippen MR) is 57.4 cm³/mol. The van der Waals surface area contributed by atoms with E-state index in [1.165, 1.54) is 38.5 Å². The minimum Gasteiger partial charge on any atom is -0.0651 e. The van der Waals surface area contributed by atoms with Crippen molar-refractivity contribution in [2.45, 2.75) is 66.2 Å². The Morgan fingerprint density at radius 3 is 1.42 bits per heavy atom. The average molecular weight is 170 g/mol. The smallest absolute Gasteiger partial charge is 0.0417 e. The van der Waals surface area contributed by atoms with Gasteiger partial charge in [0.05, 0.1) is 0 Å². The van der Waals surface area contributed by atoms with E-state index in [0.29, 0.717) is 0 Å². The first-order chi connectivity index (χ1) is 5.70. The summed E-state index contributed by atoms with van der Waals surface area (Å²) < 4.78 is 0. The summed E-state index contributed by atoms with van der Waals surface area (Å²) in [4.78, 5) is 0. The lowest BCUT2D eigenvalue weighted by atomic mass is 9.93. The molecule has 1 fully saturated rings. The van der Waals surface area contributed by atoms with Crippen LogP contribution in [0.15, 0.2) is 0 Å². The normalized spacial score (nSPS) is 14.5. The molecule has 0 aliphatic heterocycles. The van der Waals surface area contributed by atoms with Gasteiger partial charge >= 0.3 is 0 Å². The first-order valence-electron chi connectivity index (χ1n) is 5.70. The maximum absolute atomic E-state index is 2.30. The summed E-state index contributed by atoms with van der Waals surface area (Å²) >= 11 is 0. The fourth-order valence-electron chi connectivity index (χ4n) is 1.29. The van der Waals surface area contributed by atoms with Crippen LogP contribution in [0.25, 0.3) is 0 Å². The Balaban J connectivity index is 0.000000330. The van der Waals surface area contributed by atoms with E-state index >= 15 is 0 Å². The molecule has 0 bridgehead atoms. The molecule has 1 aliphatic carbocycles. The van der Waals surface area contributed by atoms with Crippen molar-refractivity contribution < 1.29 is 0 Å². The van der Waals surface area contributed by atoms with Gasteiger partial charge in [0.2, 0.25) is 0 Å². The molecule has 0 heteroatoms. The Morgan fingerprint density at radius 1 is 0.917 bits per heavy atom. The predicted octanol–water partition coefficient (Wildman–Crippen LogP) is 4.64. The van der Waals surface area contributed by atoms with Gasteiger partial charge in [-0.3, -0.25) is 0 Å². The Kier molecular flexibility index (Phi) is 7.64. The summed E-state index contributed by atoms with van der Waals surface area (Å²) in [5.74, 6) is 1.86. The lowest BCUT2D eigenvalue weighted by Crippen LogP contribution is -2.00. The van der Waals surface area contributed by atoms with Gasteiger partial charge in [0.1, 0.15) is 0 Å². The van der Waals surface area contributed by atoms with Crippen molar-refractivity contribution in [3.8, 4) is 0 Å². The summed E-state index contributed by atoms with van der Waals surface area (Å²) in [6.45, 7) is 9.18. The van der Waals surface area contributed by atoms with Gasteiger partial charge < -0.3 is 0 Å². The SMILES string of the molecule is C1CC1.CCC(CC)CC(C)C. The summed E-state index contributed by atoms with van der Waals surface area (Å²) in [5, 5.41) is 0. The molecule has 1 rings (SSSR count). The summed E-state index contributed by atoms with van der Waals surface area (Å²) in [5.41, 5.74) is 0. The maximum atomic E-state index is 2.30. The van der Waals surface area contributed by atoms with Gasteiger partial charge in [0.25, 0.3) is 0 Å². The molecule has 0 nitrogen and oxygen atoms in total. The van der Waals surface area contributed by atoms with Gasteiger partial charge in [0.15, 0.2) is 0 Å². The molecule has 0 heterocycles. The first-order valence-corrected chi connectivity index (χ1v) is 5.70. The van der Waals surface area contributed by atoms with Crippen LogP contribution >= 0.6 is 0 Å². The minimum atomic E-state index is 0.884. The molecule has 0 aromatic carbocycles. The van der Waals surface area contributed by atoms with Crippen molar-refractivity contribution in [1.82, 2.24) is 0 Å². The highest BCUT2D eigenvalue weighted by molar-refractivity contribution is 4.56.